The molecule has 0 bridgehead atoms. The largest absolute Gasteiger partial charge is 0.465 e. The van der Waals surface area contributed by atoms with E-state index >= 15 is 0 Å². The zero-order chi connectivity index (χ0) is 12.5. The maximum absolute atomic E-state index is 10.8. The second kappa shape index (κ2) is 4.37. The van der Waals surface area contributed by atoms with E-state index in [1.165, 1.54) is 4.90 Å². The Kier molecular flexibility index (Phi) is 3.07. The number of benzene rings is 1. The minimum absolute atomic E-state index is 0.389. The van der Waals surface area contributed by atoms with Crippen LogP contribution in [0.1, 0.15) is 24.0 Å². The van der Waals surface area contributed by atoms with Crippen LogP contribution in [-0.4, -0.2) is 34.3 Å². The van der Waals surface area contributed by atoms with Crippen molar-refractivity contribution >= 4 is 6.09 Å². The first kappa shape index (κ1) is 11.9. The Morgan fingerprint density at radius 2 is 1.76 bits per heavy atom. The highest BCUT2D eigenvalue weighted by Gasteiger charge is 2.35. The number of nitrogens with zero attached hydrogens (tertiary/aromatic N) is 1. The van der Waals surface area contributed by atoms with Crippen LogP contribution in [0.2, 0.25) is 0 Å². The van der Waals surface area contributed by atoms with Crippen molar-refractivity contribution in [2.24, 2.45) is 0 Å². The summed E-state index contributed by atoms with van der Waals surface area (Å²) in [6, 6.07) is 7.78. The van der Waals surface area contributed by atoms with Gasteiger partial charge in [-0.05, 0) is 25.3 Å². The van der Waals surface area contributed by atoms with E-state index in [1.54, 1.807) is 0 Å². The number of likely N-dealkylation sites (tertiary alicyclic amines) is 1. The van der Waals surface area contributed by atoms with Crippen LogP contribution in [0, 0.1) is 6.92 Å². The van der Waals surface area contributed by atoms with Gasteiger partial charge in [0.05, 0.1) is 5.60 Å². The van der Waals surface area contributed by atoms with Crippen LogP contribution in [0.3, 0.4) is 0 Å². The molecule has 1 aromatic rings. The van der Waals surface area contributed by atoms with Crippen LogP contribution >= 0.6 is 0 Å². The summed E-state index contributed by atoms with van der Waals surface area (Å²) < 4.78 is 0. The normalized spacial score (nSPS) is 19.1. The Hall–Kier alpha value is -1.55. The average molecular weight is 235 g/mol. The predicted molar refractivity (Wildman–Crippen MR) is 63.9 cm³/mol. The van der Waals surface area contributed by atoms with Gasteiger partial charge in [0.15, 0.2) is 0 Å². The highest BCUT2D eigenvalue weighted by Crippen LogP contribution is 2.32. The third-order valence-electron chi connectivity index (χ3n) is 3.45. The Labute approximate surface area is 100 Å². The van der Waals surface area contributed by atoms with Crippen LogP contribution in [0.5, 0.6) is 0 Å². The molecular weight excluding hydrogens is 218 g/mol. The highest BCUT2D eigenvalue weighted by atomic mass is 16.4. The summed E-state index contributed by atoms with van der Waals surface area (Å²) in [4.78, 5) is 12.1. The Morgan fingerprint density at radius 1 is 1.24 bits per heavy atom. The van der Waals surface area contributed by atoms with Crippen LogP contribution < -0.4 is 0 Å². The van der Waals surface area contributed by atoms with Crippen molar-refractivity contribution in [1.82, 2.24) is 4.90 Å². The molecule has 1 amide bonds. The number of amides is 1. The van der Waals surface area contributed by atoms with Crippen molar-refractivity contribution in [2.45, 2.75) is 25.4 Å². The fourth-order valence-corrected chi connectivity index (χ4v) is 2.22. The summed E-state index contributed by atoms with van der Waals surface area (Å²) in [6.45, 7) is 2.78. The number of piperidine rings is 1. The van der Waals surface area contributed by atoms with Crippen LogP contribution in [-0.2, 0) is 5.60 Å². The number of carboxylic acid groups (broad SMARTS) is 1. The summed E-state index contributed by atoms with van der Waals surface area (Å²) in [5, 5.41) is 19.4. The quantitative estimate of drug-likeness (QED) is 0.782. The van der Waals surface area contributed by atoms with E-state index < -0.39 is 11.7 Å². The van der Waals surface area contributed by atoms with Crippen LogP contribution in [0.25, 0.3) is 0 Å². The lowest BCUT2D eigenvalue weighted by atomic mass is 9.84. The van der Waals surface area contributed by atoms with Gasteiger partial charge in [-0.15, -0.1) is 0 Å². The molecule has 0 atom stereocenters. The van der Waals surface area contributed by atoms with Gasteiger partial charge in [0.1, 0.15) is 0 Å². The van der Waals surface area contributed by atoms with Gasteiger partial charge in [0.2, 0.25) is 0 Å². The molecule has 0 spiro atoms. The van der Waals surface area contributed by atoms with Gasteiger partial charge in [-0.3, -0.25) is 0 Å². The molecule has 4 heteroatoms. The molecule has 0 aliphatic carbocycles. The Morgan fingerprint density at radius 3 is 2.24 bits per heavy atom. The number of carbonyl (C=O) groups is 1. The average Bonchev–Trinajstić information content (AvgIpc) is 2.30. The first-order chi connectivity index (χ1) is 8.01. The van der Waals surface area contributed by atoms with E-state index in [0.717, 1.165) is 11.1 Å². The third kappa shape index (κ3) is 2.42. The van der Waals surface area contributed by atoms with Crippen molar-refractivity contribution in [3.63, 3.8) is 0 Å². The van der Waals surface area contributed by atoms with E-state index in [9.17, 15) is 9.90 Å². The molecule has 1 heterocycles. The van der Waals surface area contributed by atoms with Crippen LogP contribution in [0.15, 0.2) is 24.3 Å². The van der Waals surface area contributed by atoms with Gasteiger partial charge in [-0.2, -0.15) is 0 Å². The summed E-state index contributed by atoms with van der Waals surface area (Å²) >= 11 is 0. The second-order valence-corrected chi connectivity index (χ2v) is 4.67. The molecule has 2 rings (SSSR count). The molecule has 4 nitrogen and oxygen atoms in total. The Bertz CT molecular complexity index is 405. The summed E-state index contributed by atoms with van der Waals surface area (Å²) in [5.41, 5.74) is 1.16. The summed E-state index contributed by atoms with van der Waals surface area (Å²) in [6.07, 6.45) is 0.0148. The van der Waals surface area contributed by atoms with E-state index in [-0.39, 0.29) is 0 Å². The van der Waals surface area contributed by atoms with Crippen molar-refractivity contribution in [1.29, 1.82) is 0 Å². The lowest BCUT2D eigenvalue weighted by molar-refractivity contribution is -0.0213. The fraction of sp³-hybridized carbons (Fsp3) is 0.462. The smallest absolute Gasteiger partial charge is 0.407 e. The van der Waals surface area contributed by atoms with Gasteiger partial charge in [-0.1, -0.05) is 29.8 Å². The van der Waals surface area contributed by atoms with Gasteiger partial charge >= 0.3 is 6.09 Å². The lowest BCUT2D eigenvalue weighted by Crippen LogP contribution is -2.44. The summed E-state index contributed by atoms with van der Waals surface area (Å²) in [7, 11) is 0. The molecule has 1 saturated heterocycles. The van der Waals surface area contributed by atoms with Gasteiger partial charge in [0, 0.05) is 13.1 Å². The first-order valence-electron chi connectivity index (χ1n) is 5.79. The van der Waals surface area contributed by atoms with E-state index in [1.807, 2.05) is 31.2 Å². The maximum atomic E-state index is 10.8. The SMILES string of the molecule is Cc1ccc(C2(O)CCN(C(=O)O)CC2)cc1. The zero-order valence-electron chi connectivity index (χ0n) is 9.89. The molecule has 1 aromatic carbocycles. The molecule has 2 N–H and O–H groups in total. The molecular formula is C13H17NO3. The second-order valence-electron chi connectivity index (χ2n) is 4.67. The first-order valence-corrected chi connectivity index (χ1v) is 5.79. The number of hydrogen-bond acceptors (Lipinski definition) is 2. The number of rotatable bonds is 1. The van der Waals surface area contributed by atoms with E-state index in [4.69, 9.17) is 5.11 Å². The topological polar surface area (TPSA) is 60.8 Å². The minimum atomic E-state index is -0.907. The molecule has 17 heavy (non-hydrogen) atoms. The molecule has 1 aliphatic heterocycles. The van der Waals surface area contributed by atoms with Crippen molar-refractivity contribution < 1.29 is 15.0 Å². The van der Waals surface area contributed by atoms with Crippen molar-refractivity contribution in [3.8, 4) is 0 Å². The van der Waals surface area contributed by atoms with Crippen LogP contribution in [0.4, 0.5) is 4.79 Å². The molecule has 0 saturated carbocycles. The standard InChI is InChI=1S/C13H17NO3/c1-10-2-4-11(5-3-10)13(17)6-8-14(9-7-13)12(15)16/h2-5,17H,6-9H2,1H3,(H,15,16). The molecule has 0 radical (unpaired) electrons. The predicted octanol–water partition coefficient (Wildman–Crippen LogP) is 1.96. The zero-order valence-corrected chi connectivity index (χ0v) is 9.89. The van der Waals surface area contributed by atoms with E-state index in [0.29, 0.717) is 25.9 Å². The van der Waals surface area contributed by atoms with Gasteiger partial charge in [-0.25, -0.2) is 4.79 Å². The molecule has 0 aromatic heterocycles. The molecule has 0 unspecified atom stereocenters. The molecule has 1 fully saturated rings. The van der Waals surface area contributed by atoms with Gasteiger partial charge in [0.25, 0.3) is 0 Å². The monoisotopic (exact) mass is 235 g/mol. The summed E-state index contributed by atoms with van der Waals surface area (Å²) in [5.74, 6) is 0. The van der Waals surface area contributed by atoms with Crippen molar-refractivity contribution in [3.05, 3.63) is 35.4 Å². The van der Waals surface area contributed by atoms with Gasteiger partial charge < -0.3 is 15.1 Å². The molecule has 92 valence electrons. The van der Waals surface area contributed by atoms with E-state index in [2.05, 4.69) is 0 Å². The van der Waals surface area contributed by atoms with Crippen molar-refractivity contribution in [2.75, 3.05) is 13.1 Å². The number of aryl methyl sites for hydroxylation is 1. The lowest BCUT2D eigenvalue weighted by Gasteiger charge is -2.37. The maximum Gasteiger partial charge on any atom is 0.407 e. The Balaban J connectivity index is 2.11. The number of hydrogen-bond donors (Lipinski definition) is 2. The third-order valence-corrected chi connectivity index (χ3v) is 3.45. The minimum Gasteiger partial charge on any atom is -0.465 e. The fourth-order valence-electron chi connectivity index (χ4n) is 2.22. The number of aliphatic hydroxyl groups is 1. The molecule has 1 aliphatic rings. The highest BCUT2D eigenvalue weighted by molar-refractivity contribution is 5.65.